The number of hydrazone groups is 1. The van der Waals surface area contributed by atoms with Crippen molar-refractivity contribution < 1.29 is 9.53 Å². The Morgan fingerprint density at radius 1 is 1.08 bits per heavy atom. The summed E-state index contributed by atoms with van der Waals surface area (Å²) in [6.07, 6.45) is 4.67. The molecule has 0 bridgehead atoms. The monoisotopic (exact) mass is 331 g/mol. The highest BCUT2D eigenvalue weighted by Crippen LogP contribution is 2.14. The molecule has 5 heteroatoms. The third-order valence-corrected chi connectivity index (χ3v) is 3.41. The molecule has 0 aliphatic rings. The number of carbonyl (C=O) groups is 1. The fourth-order valence-electron chi connectivity index (χ4n) is 2.15. The van der Waals surface area contributed by atoms with Crippen LogP contribution >= 0.6 is 0 Å². The van der Waals surface area contributed by atoms with Crippen LogP contribution in [0.1, 0.15) is 21.5 Å². The van der Waals surface area contributed by atoms with Crippen molar-refractivity contribution in [2.45, 2.75) is 6.61 Å². The molecule has 0 spiro atoms. The van der Waals surface area contributed by atoms with E-state index in [0.29, 0.717) is 12.2 Å². The van der Waals surface area contributed by atoms with E-state index in [4.69, 9.17) is 4.74 Å². The van der Waals surface area contributed by atoms with Crippen LogP contribution in [0.15, 0.2) is 84.2 Å². The fourth-order valence-corrected chi connectivity index (χ4v) is 2.15. The zero-order valence-corrected chi connectivity index (χ0v) is 13.5. The number of ether oxygens (including phenoxy) is 1. The van der Waals surface area contributed by atoms with Gasteiger partial charge in [-0.15, -0.1) is 0 Å². The van der Waals surface area contributed by atoms with E-state index in [1.165, 1.54) is 6.20 Å². The van der Waals surface area contributed by atoms with Crippen LogP contribution in [-0.2, 0) is 6.61 Å². The molecule has 5 nitrogen and oxygen atoms in total. The first kappa shape index (κ1) is 16.4. The topological polar surface area (TPSA) is 63.6 Å². The van der Waals surface area contributed by atoms with Crippen LogP contribution < -0.4 is 10.2 Å². The van der Waals surface area contributed by atoms with Crippen molar-refractivity contribution in [3.63, 3.8) is 0 Å². The summed E-state index contributed by atoms with van der Waals surface area (Å²) in [6.45, 7) is 0.499. The molecule has 1 heterocycles. The van der Waals surface area contributed by atoms with Gasteiger partial charge >= 0.3 is 0 Å². The van der Waals surface area contributed by atoms with Gasteiger partial charge in [-0.2, -0.15) is 5.10 Å². The van der Waals surface area contributed by atoms with Crippen LogP contribution in [-0.4, -0.2) is 17.1 Å². The van der Waals surface area contributed by atoms with Gasteiger partial charge in [0.05, 0.1) is 11.8 Å². The molecule has 0 saturated heterocycles. The summed E-state index contributed by atoms with van der Waals surface area (Å²) in [7, 11) is 0. The molecule has 0 fully saturated rings. The van der Waals surface area contributed by atoms with Gasteiger partial charge in [-0.1, -0.05) is 42.5 Å². The Morgan fingerprint density at radius 3 is 2.76 bits per heavy atom. The summed E-state index contributed by atoms with van der Waals surface area (Å²) in [5.74, 6) is 0.437. The molecule has 124 valence electrons. The maximum Gasteiger partial charge on any atom is 0.272 e. The lowest BCUT2D eigenvalue weighted by Gasteiger charge is -2.06. The average molecular weight is 331 g/mol. The van der Waals surface area contributed by atoms with Crippen LogP contribution in [0.3, 0.4) is 0 Å². The van der Waals surface area contributed by atoms with Crippen molar-refractivity contribution >= 4 is 12.1 Å². The molecule has 0 atom stereocenters. The van der Waals surface area contributed by atoms with Gasteiger partial charge in [0.25, 0.3) is 5.91 Å². The number of rotatable bonds is 6. The largest absolute Gasteiger partial charge is 0.489 e. The van der Waals surface area contributed by atoms with Gasteiger partial charge in [0.15, 0.2) is 0 Å². The molecule has 25 heavy (non-hydrogen) atoms. The highest BCUT2D eigenvalue weighted by molar-refractivity contribution is 5.94. The summed E-state index contributed by atoms with van der Waals surface area (Å²) in [5, 5.41) is 3.97. The summed E-state index contributed by atoms with van der Waals surface area (Å²) in [6, 6.07) is 20.8. The van der Waals surface area contributed by atoms with E-state index < -0.39 is 0 Å². The molecule has 0 aliphatic carbocycles. The second-order valence-electron chi connectivity index (χ2n) is 5.29. The molecule has 0 unspecified atom stereocenters. The summed E-state index contributed by atoms with van der Waals surface area (Å²) in [5.41, 5.74) is 4.87. The number of benzene rings is 2. The summed E-state index contributed by atoms with van der Waals surface area (Å²) < 4.78 is 5.77. The zero-order valence-electron chi connectivity index (χ0n) is 13.5. The molecule has 0 radical (unpaired) electrons. The molecular formula is C20H17N3O2. The Hall–Kier alpha value is -3.47. The minimum absolute atomic E-state index is 0.305. The highest BCUT2D eigenvalue weighted by Gasteiger charge is 2.02. The Bertz CT molecular complexity index is 849. The normalized spacial score (nSPS) is 10.6. The van der Waals surface area contributed by atoms with Crippen LogP contribution in [0.25, 0.3) is 0 Å². The SMILES string of the molecule is O=C(N/N=C/c1cccc(OCc2ccccc2)c1)c1cccnc1. The lowest BCUT2D eigenvalue weighted by Crippen LogP contribution is -2.17. The van der Waals surface area contributed by atoms with Gasteiger partial charge in [0.2, 0.25) is 0 Å². The van der Waals surface area contributed by atoms with Crippen molar-refractivity contribution in [2.75, 3.05) is 0 Å². The van der Waals surface area contributed by atoms with Gasteiger partial charge < -0.3 is 4.74 Å². The predicted octanol–water partition coefficient (Wildman–Crippen LogP) is 3.42. The van der Waals surface area contributed by atoms with Crippen LogP contribution in [0.2, 0.25) is 0 Å². The second kappa shape index (κ2) is 8.40. The van der Waals surface area contributed by atoms with E-state index in [1.54, 1.807) is 24.5 Å². The molecular weight excluding hydrogens is 314 g/mol. The molecule has 0 saturated carbocycles. The maximum atomic E-state index is 11.9. The molecule has 0 aliphatic heterocycles. The van der Waals surface area contributed by atoms with E-state index >= 15 is 0 Å². The molecule has 1 aromatic heterocycles. The van der Waals surface area contributed by atoms with Gasteiger partial charge in [-0.25, -0.2) is 5.43 Å². The molecule has 1 amide bonds. The molecule has 3 aromatic rings. The van der Waals surface area contributed by atoms with Crippen LogP contribution in [0.4, 0.5) is 0 Å². The Balaban J connectivity index is 1.57. The van der Waals surface area contributed by atoms with Crippen molar-refractivity contribution in [3.8, 4) is 5.75 Å². The van der Waals surface area contributed by atoms with Crippen molar-refractivity contribution in [1.82, 2.24) is 10.4 Å². The number of nitrogens with one attached hydrogen (secondary N) is 1. The van der Waals surface area contributed by atoms with E-state index in [9.17, 15) is 4.79 Å². The van der Waals surface area contributed by atoms with Crippen molar-refractivity contribution in [3.05, 3.63) is 95.8 Å². The van der Waals surface area contributed by atoms with Crippen LogP contribution in [0.5, 0.6) is 5.75 Å². The van der Waals surface area contributed by atoms with E-state index in [-0.39, 0.29) is 5.91 Å². The number of pyridine rings is 1. The number of amides is 1. The average Bonchev–Trinajstić information content (AvgIpc) is 2.68. The van der Waals surface area contributed by atoms with Crippen LogP contribution in [0, 0.1) is 0 Å². The first-order valence-electron chi connectivity index (χ1n) is 7.81. The first-order chi connectivity index (χ1) is 12.3. The lowest BCUT2D eigenvalue weighted by molar-refractivity contribution is 0.0955. The lowest BCUT2D eigenvalue weighted by atomic mass is 10.2. The zero-order chi connectivity index (χ0) is 17.3. The highest BCUT2D eigenvalue weighted by atomic mass is 16.5. The van der Waals surface area contributed by atoms with Gasteiger partial charge in [0, 0.05) is 12.4 Å². The first-order valence-corrected chi connectivity index (χ1v) is 7.81. The number of hydrogen-bond acceptors (Lipinski definition) is 4. The summed E-state index contributed by atoms with van der Waals surface area (Å²) in [4.78, 5) is 15.8. The molecule has 3 rings (SSSR count). The smallest absolute Gasteiger partial charge is 0.272 e. The Labute approximate surface area is 146 Å². The second-order valence-corrected chi connectivity index (χ2v) is 5.29. The van der Waals surface area contributed by atoms with Gasteiger partial charge in [-0.3, -0.25) is 9.78 Å². The Kier molecular flexibility index (Phi) is 5.51. The number of nitrogens with zero attached hydrogens (tertiary/aromatic N) is 2. The van der Waals surface area contributed by atoms with E-state index in [0.717, 1.165) is 16.9 Å². The van der Waals surface area contributed by atoms with E-state index in [1.807, 2.05) is 54.6 Å². The minimum atomic E-state index is -0.305. The third kappa shape index (κ3) is 5.00. The van der Waals surface area contributed by atoms with Crippen molar-refractivity contribution in [2.24, 2.45) is 5.10 Å². The summed E-state index contributed by atoms with van der Waals surface area (Å²) >= 11 is 0. The molecule has 1 N–H and O–H groups in total. The fraction of sp³-hybridized carbons (Fsp3) is 0.0500. The number of carbonyl (C=O) groups excluding carboxylic acids is 1. The Morgan fingerprint density at radius 2 is 1.96 bits per heavy atom. The predicted molar refractivity (Wildman–Crippen MR) is 96.5 cm³/mol. The van der Waals surface area contributed by atoms with Crippen molar-refractivity contribution in [1.29, 1.82) is 0 Å². The third-order valence-electron chi connectivity index (χ3n) is 3.41. The van der Waals surface area contributed by atoms with Gasteiger partial charge in [-0.05, 0) is 35.4 Å². The standard InChI is InChI=1S/C20H17N3O2/c24-20(18-9-5-11-21-14-18)23-22-13-17-8-4-10-19(12-17)25-15-16-6-2-1-3-7-16/h1-14H,15H2,(H,23,24)/b22-13+. The quantitative estimate of drug-likeness (QED) is 0.556. The number of aromatic nitrogens is 1. The minimum Gasteiger partial charge on any atom is -0.489 e. The molecule has 2 aromatic carbocycles. The maximum absolute atomic E-state index is 11.9. The van der Waals surface area contributed by atoms with E-state index in [2.05, 4.69) is 15.5 Å². The van der Waals surface area contributed by atoms with Gasteiger partial charge in [0.1, 0.15) is 12.4 Å². The number of hydrogen-bond donors (Lipinski definition) is 1.